The topological polar surface area (TPSA) is 32.3 Å². The fourth-order valence-electron chi connectivity index (χ4n) is 6.82. The summed E-state index contributed by atoms with van der Waals surface area (Å²) in [6.07, 6.45) is 9.83. The fourth-order valence-corrected chi connectivity index (χ4v) is 6.95. The van der Waals surface area contributed by atoms with E-state index in [1.54, 1.807) is 0 Å². The van der Waals surface area contributed by atoms with Crippen molar-refractivity contribution in [3.63, 3.8) is 0 Å². The first kappa shape index (κ1) is 18.0. The summed E-state index contributed by atoms with van der Waals surface area (Å²) in [6, 6.07) is 8.51. The van der Waals surface area contributed by atoms with E-state index in [0.29, 0.717) is 11.9 Å². The van der Waals surface area contributed by atoms with E-state index in [1.165, 1.54) is 44.1 Å². The lowest BCUT2D eigenvalue weighted by Crippen LogP contribution is -2.55. The normalized spacial score (nSPS) is 37.7. The number of rotatable bonds is 5. The van der Waals surface area contributed by atoms with Gasteiger partial charge in [0, 0.05) is 36.1 Å². The number of carbonyl (C=O) groups is 1. The van der Waals surface area contributed by atoms with Gasteiger partial charge in [-0.2, -0.15) is 0 Å². The molecule has 146 valence electrons. The number of likely N-dealkylation sites (tertiary alicyclic amines) is 1. The van der Waals surface area contributed by atoms with Crippen LogP contribution < -0.4 is 5.32 Å². The predicted octanol–water partition coefficient (Wildman–Crippen LogP) is 4.29. The van der Waals surface area contributed by atoms with Crippen molar-refractivity contribution in [1.29, 1.82) is 0 Å². The average molecular weight is 387 g/mol. The molecule has 1 aliphatic heterocycles. The number of carbonyl (C=O) groups excluding carboxylic acids is 1. The van der Waals surface area contributed by atoms with Gasteiger partial charge < -0.3 is 10.2 Å². The zero-order chi connectivity index (χ0) is 18.4. The number of nitrogens with zero attached hydrogens (tertiary/aromatic N) is 1. The van der Waals surface area contributed by atoms with Crippen molar-refractivity contribution >= 4 is 17.5 Å². The minimum atomic E-state index is -0.00846. The van der Waals surface area contributed by atoms with Crippen LogP contribution in [-0.4, -0.2) is 36.5 Å². The van der Waals surface area contributed by atoms with Crippen molar-refractivity contribution in [2.75, 3.05) is 19.6 Å². The third-order valence-corrected chi connectivity index (χ3v) is 8.01. The first-order chi connectivity index (χ1) is 13.1. The molecule has 1 atom stereocenters. The molecule has 1 aromatic rings. The molecule has 4 aliphatic carbocycles. The highest BCUT2D eigenvalue weighted by molar-refractivity contribution is 6.30. The summed E-state index contributed by atoms with van der Waals surface area (Å²) in [5, 5.41) is 4.27. The van der Waals surface area contributed by atoms with Crippen LogP contribution in [0.2, 0.25) is 5.02 Å². The third kappa shape index (κ3) is 3.65. The summed E-state index contributed by atoms with van der Waals surface area (Å²) in [7, 11) is 0. The van der Waals surface area contributed by atoms with E-state index in [2.05, 4.69) is 22.3 Å². The van der Waals surface area contributed by atoms with Crippen LogP contribution in [0, 0.1) is 23.2 Å². The number of nitrogens with one attached hydrogen (secondary N) is 1. The fraction of sp³-hybridized carbons (Fsp3) is 0.696. The molecule has 4 saturated carbocycles. The van der Waals surface area contributed by atoms with Gasteiger partial charge in [0.2, 0.25) is 5.91 Å². The van der Waals surface area contributed by atoms with Gasteiger partial charge in [-0.1, -0.05) is 23.7 Å². The van der Waals surface area contributed by atoms with Crippen LogP contribution in [0.5, 0.6) is 0 Å². The van der Waals surface area contributed by atoms with Crippen LogP contribution in [-0.2, 0) is 11.2 Å². The highest BCUT2D eigenvalue weighted by Gasteiger charge is 2.54. The van der Waals surface area contributed by atoms with Gasteiger partial charge in [-0.05, 0) is 86.8 Å². The van der Waals surface area contributed by atoms with Gasteiger partial charge in [0.15, 0.2) is 0 Å². The summed E-state index contributed by atoms with van der Waals surface area (Å²) in [5.74, 6) is 2.90. The lowest BCUT2D eigenvalue weighted by molar-refractivity contribution is -0.146. The maximum Gasteiger partial charge on any atom is 0.226 e. The molecule has 1 amide bonds. The second-order valence-electron chi connectivity index (χ2n) is 9.83. The Labute approximate surface area is 167 Å². The molecule has 4 bridgehead atoms. The quantitative estimate of drug-likeness (QED) is 0.818. The largest absolute Gasteiger partial charge is 0.352 e. The van der Waals surface area contributed by atoms with Crippen LogP contribution in [0.1, 0.15) is 50.5 Å². The Hall–Kier alpha value is -1.06. The zero-order valence-electron chi connectivity index (χ0n) is 16.1. The molecule has 6 rings (SSSR count). The maximum atomic E-state index is 13.2. The number of hydrogen-bond donors (Lipinski definition) is 1. The molecule has 0 radical (unpaired) electrons. The van der Waals surface area contributed by atoms with Gasteiger partial charge in [0.25, 0.3) is 0 Å². The Morgan fingerprint density at radius 3 is 2.33 bits per heavy atom. The molecule has 1 aromatic carbocycles. The van der Waals surface area contributed by atoms with E-state index in [4.69, 9.17) is 11.6 Å². The number of hydrogen-bond acceptors (Lipinski definition) is 2. The Balaban J connectivity index is 1.13. The molecular weight excluding hydrogens is 356 g/mol. The van der Waals surface area contributed by atoms with Crippen molar-refractivity contribution in [1.82, 2.24) is 10.2 Å². The predicted molar refractivity (Wildman–Crippen MR) is 109 cm³/mol. The number of halogens is 1. The van der Waals surface area contributed by atoms with E-state index in [1.807, 2.05) is 12.1 Å². The molecule has 0 unspecified atom stereocenters. The van der Waals surface area contributed by atoms with Crippen LogP contribution in [0.15, 0.2) is 24.3 Å². The Kier molecular flexibility index (Phi) is 4.72. The zero-order valence-corrected chi connectivity index (χ0v) is 16.9. The standard InChI is InChI=1S/C23H31ClN2O/c24-20-3-1-16(2-4-20)5-7-26-8-6-21(15-26)25-22(27)23-12-17-9-18(13-23)11-19(10-17)14-23/h1-4,17-19,21H,5-15H2,(H,25,27)/t17?,18?,19?,21-,23?/m0/s1. The van der Waals surface area contributed by atoms with Gasteiger partial charge in [-0.3, -0.25) is 4.79 Å². The van der Waals surface area contributed by atoms with Gasteiger partial charge in [0.05, 0.1) is 0 Å². The van der Waals surface area contributed by atoms with Crippen molar-refractivity contribution < 1.29 is 4.79 Å². The minimum Gasteiger partial charge on any atom is -0.352 e. The summed E-state index contributed by atoms with van der Waals surface area (Å²) in [4.78, 5) is 15.7. The van der Waals surface area contributed by atoms with Crippen LogP contribution in [0.3, 0.4) is 0 Å². The molecule has 1 heterocycles. The van der Waals surface area contributed by atoms with Crippen molar-refractivity contribution in [3.8, 4) is 0 Å². The third-order valence-electron chi connectivity index (χ3n) is 7.76. The van der Waals surface area contributed by atoms with Crippen molar-refractivity contribution in [2.45, 2.75) is 57.4 Å². The monoisotopic (exact) mass is 386 g/mol. The SMILES string of the molecule is O=C(N[C@H]1CCN(CCc2ccc(Cl)cc2)C1)C12CC3CC(CC(C3)C1)C2. The molecule has 1 N–H and O–H groups in total. The maximum absolute atomic E-state index is 13.2. The van der Waals surface area contributed by atoms with Crippen molar-refractivity contribution in [2.24, 2.45) is 23.2 Å². The summed E-state index contributed by atoms with van der Waals surface area (Å²) in [6.45, 7) is 3.16. The van der Waals surface area contributed by atoms with Gasteiger partial charge in [-0.15, -0.1) is 0 Å². The van der Waals surface area contributed by atoms with Gasteiger partial charge >= 0.3 is 0 Å². The van der Waals surface area contributed by atoms with E-state index in [-0.39, 0.29) is 5.41 Å². The second kappa shape index (κ2) is 7.08. The molecule has 27 heavy (non-hydrogen) atoms. The van der Waals surface area contributed by atoms with Gasteiger partial charge in [0.1, 0.15) is 0 Å². The van der Waals surface area contributed by atoms with Crippen molar-refractivity contribution in [3.05, 3.63) is 34.9 Å². The highest BCUT2D eigenvalue weighted by Crippen LogP contribution is 2.60. The Bertz CT molecular complexity index is 666. The van der Waals surface area contributed by atoms with E-state index in [9.17, 15) is 4.79 Å². The number of benzene rings is 1. The Morgan fingerprint density at radius 1 is 1.07 bits per heavy atom. The first-order valence-electron chi connectivity index (χ1n) is 10.9. The first-order valence-corrected chi connectivity index (χ1v) is 11.2. The van der Waals surface area contributed by atoms with Crippen LogP contribution in [0.4, 0.5) is 0 Å². The Morgan fingerprint density at radius 2 is 1.70 bits per heavy atom. The molecule has 0 spiro atoms. The van der Waals surface area contributed by atoms with E-state index >= 15 is 0 Å². The summed E-state index contributed by atoms with van der Waals surface area (Å²) in [5.41, 5.74) is 1.33. The molecule has 4 heteroatoms. The lowest BCUT2D eigenvalue weighted by atomic mass is 9.49. The van der Waals surface area contributed by atoms with Gasteiger partial charge in [-0.25, -0.2) is 0 Å². The molecule has 3 nitrogen and oxygen atoms in total. The molecule has 0 aromatic heterocycles. The van der Waals surface area contributed by atoms with E-state index in [0.717, 1.165) is 55.3 Å². The smallest absolute Gasteiger partial charge is 0.226 e. The molecule has 5 fully saturated rings. The summed E-state index contributed by atoms with van der Waals surface area (Å²) < 4.78 is 0. The molecular formula is C23H31ClN2O. The number of amides is 1. The highest BCUT2D eigenvalue weighted by atomic mass is 35.5. The second-order valence-corrected chi connectivity index (χ2v) is 10.3. The van der Waals surface area contributed by atoms with E-state index < -0.39 is 0 Å². The van der Waals surface area contributed by atoms with Crippen LogP contribution >= 0.6 is 11.6 Å². The molecule has 5 aliphatic rings. The minimum absolute atomic E-state index is 0.00846. The average Bonchev–Trinajstić information content (AvgIpc) is 3.07. The summed E-state index contributed by atoms with van der Waals surface area (Å²) >= 11 is 5.97. The molecule has 1 saturated heterocycles. The van der Waals surface area contributed by atoms with Crippen LogP contribution in [0.25, 0.3) is 0 Å². The lowest BCUT2D eigenvalue weighted by Gasteiger charge is -2.55.